The van der Waals surface area contributed by atoms with Gasteiger partial charge in [-0.25, -0.2) is 0 Å². The van der Waals surface area contributed by atoms with E-state index >= 15 is 0 Å². The molecule has 2 atom stereocenters. The van der Waals surface area contributed by atoms with Crippen molar-refractivity contribution < 1.29 is 19.1 Å². The van der Waals surface area contributed by atoms with Crippen LogP contribution in [0.1, 0.15) is 30.9 Å². The van der Waals surface area contributed by atoms with Gasteiger partial charge >= 0.3 is 11.9 Å². The minimum atomic E-state index is -0.952. The van der Waals surface area contributed by atoms with Gasteiger partial charge in [-0.2, -0.15) is 5.26 Å². The van der Waals surface area contributed by atoms with Crippen molar-refractivity contribution in [2.75, 3.05) is 13.2 Å². The second kappa shape index (κ2) is 9.11. The molecule has 1 aromatic carbocycles. The summed E-state index contributed by atoms with van der Waals surface area (Å²) in [6.45, 7) is 5.69. The van der Waals surface area contributed by atoms with E-state index in [1.54, 1.807) is 26.0 Å². The van der Waals surface area contributed by atoms with Crippen LogP contribution in [0.3, 0.4) is 0 Å². The van der Waals surface area contributed by atoms with E-state index in [0.717, 1.165) is 5.56 Å². The Bertz CT molecular complexity index is 550. The average Bonchev–Trinajstić information content (AvgIpc) is 2.49. The highest BCUT2D eigenvalue weighted by atomic mass is 32.2. The molecule has 0 aliphatic rings. The SMILES string of the molecule is CCOC(=O)[C@H](c1ccc(C)cc1)[C@@H](SC#N)C(=O)OCC. The van der Waals surface area contributed by atoms with Gasteiger partial charge in [0.05, 0.1) is 13.2 Å². The molecule has 22 heavy (non-hydrogen) atoms. The molecule has 0 aliphatic carbocycles. The highest BCUT2D eigenvalue weighted by molar-refractivity contribution is 8.05. The first-order chi connectivity index (χ1) is 10.5. The van der Waals surface area contributed by atoms with E-state index in [9.17, 15) is 9.59 Å². The third-order valence-electron chi connectivity index (χ3n) is 2.98. The van der Waals surface area contributed by atoms with Crippen molar-refractivity contribution in [2.45, 2.75) is 31.9 Å². The van der Waals surface area contributed by atoms with Crippen molar-refractivity contribution in [2.24, 2.45) is 0 Å². The number of aryl methyl sites for hydroxylation is 1. The Morgan fingerprint density at radius 2 is 1.68 bits per heavy atom. The maximum Gasteiger partial charge on any atom is 0.321 e. The Kier molecular flexibility index (Phi) is 7.47. The van der Waals surface area contributed by atoms with Crippen LogP contribution in [-0.4, -0.2) is 30.4 Å². The summed E-state index contributed by atoms with van der Waals surface area (Å²) in [5.74, 6) is -2.00. The third kappa shape index (κ3) is 4.78. The second-order valence-electron chi connectivity index (χ2n) is 4.52. The number of benzene rings is 1. The fourth-order valence-corrected chi connectivity index (χ4v) is 2.66. The van der Waals surface area contributed by atoms with Crippen molar-refractivity contribution in [3.63, 3.8) is 0 Å². The van der Waals surface area contributed by atoms with Gasteiger partial charge in [0.15, 0.2) is 0 Å². The molecule has 0 aromatic heterocycles. The maximum atomic E-state index is 12.3. The average molecular weight is 321 g/mol. The molecule has 0 saturated carbocycles. The van der Waals surface area contributed by atoms with Crippen LogP contribution >= 0.6 is 11.8 Å². The molecule has 0 heterocycles. The van der Waals surface area contributed by atoms with E-state index in [1.165, 1.54) is 0 Å². The highest BCUT2D eigenvalue weighted by Gasteiger charge is 2.38. The number of nitriles is 1. The first-order valence-corrected chi connectivity index (χ1v) is 7.87. The molecule has 5 nitrogen and oxygen atoms in total. The number of rotatable bonds is 7. The van der Waals surface area contributed by atoms with Crippen LogP contribution in [-0.2, 0) is 19.1 Å². The quantitative estimate of drug-likeness (QED) is 0.568. The summed E-state index contributed by atoms with van der Waals surface area (Å²) >= 11 is 0.716. The number of ether oxygens (including phenoxy) is 2. The minimum Gasteiger partial charge on any atom is -0.465 e. The Morgan fingerprint density at radius 3 is 2.18 bits per heavy atom. The molecule has 0 N–H and O–H groups in total. The highest BCUT2D eigenvalue weighted by Crippen LogP contribution is 2.31. The van der Waals surface area contributed by atoms with Crippen molar-refractivity contribution >= 4 is 23.7 Å². The number of carbonyl (C=O) groups is 2. The predicted molar refractivity (Wildman–Crippen MR) is 84.2 cm³/mol. The number of hydrogen-bond donors (Lipinski definition) is 0. The van der Waals surface area contributed by atoms with Crippen LogP contribution in [0.5, 0.6) is 0 Å². The first kappa shape index (κ1) is 18.1. The predicted octanol–water partition coefficient (Wildman–Crippen LogP) is 2.79. The van der Waals surface area contributed by atoms with Crippen LogP contribution < -0.4 is 0 Å². The third-order valence-corrected chi connectivity index (χ3v) is 3.80. The van der Waals surface area contributed by atoms with Crippen LogP contribution in [0.4, 0.5) is 0 Å². The van der Waals surface area contributed by atoms with E-state index in [-0.39, 0.29) is 13.2 Å². The number of esters is 2. The minimum absolute atomic E-state index is 0.185. The van der Waals surface area contributed by atoms with Gasteiger partial charge in [-0.1, -0.05) is 29.8 Å². The zero-order valence-corrected chi connectivity index (χ0v) is 13.7. The van der Waals surface area contributed by atoms with Gasteiger partial charge in [-0.3, -0.25) is 9.59 Å². The smallest absolute Gasteiger partial charge is 0.321 e. The van der Waals surface area contributed by atoms with E-state index in [0.29, 0.717) is 17.3 Å². The summed E-state index contributed by atoms with van der Waals surface area (Å²) in [5.41, 5.74) is 1.66. The molecule has 0 fully saturated rings. The molecule has 0 spiro atoms. The van der Waals surface area contributed by atoms with Gasteiger partial charge in [0.25, 0.3) is 0 Å². The van der Waals surface area contributed by atoms with Gasteiger partial charge < -0.3 is 9.47 Å². The van der Waals surface area contributed by atoms with Crippen LogP contribution in [0.15, 0.2) is 24.3 Å². The van der Waals surface area contributed by atoms with Crippen molar-refractivity contribution in [3.05, 3.63) is 35.4 Å². The molecule has 118 valence electrons. The lowest BCUT2D eigenvalue weighted by atomic mass is 9.94. The van der Waals surface area contributed by atoms with E-state index in [1.807, 2.05) is 24.5 Å². The normalized spacial score (nSPS) is 12.8. The fraction of sp³-hybridized carbons (Fsp3) is 0.438. The molecule has 1 rings (SSSR count). The van der Waals surface area contributed by atoms with E-state index < -0.39 is 23.1 Å². The first-order valence-electron chi connectivity index (χ1n) is 6.99. The topological polar surface area (TPSA) is 76.4 Å². The number of thiocyanates is 1. The molecule has 1 aromatic rings. The summed E-state index contributed by atoms with van der Waals surface area (Å²) in [6.07, 6.45) is 0. The second-order valence-corrected chi connectivity index (χ2v) is 5.45. The summed E-state index contributed by atoms with van der Waals surface area (Å²) in [6, 6.07) is 7.23. The van der Waals surface area contributed by atoms with Gasteiger partial charge in [0.1, 0.15) is 16.6 Å². The van der Waals surface area contributed by atoms with Gasteiger partial charge in [0, 0.05) is 0 Å². The van der Waals surface area contributed by atoms with Crippen LogP contribution in [0, 0.1) is 17.6 Å². The lowest BCUT2D eigenvalue weighted by molar-refractivity contribution is -0.151. The van der Waals surface area contributed by atoms with E-state index in [2.05, 4.69) is 0 Å². The monoisotopic (exact) mass is 321 g/mol. The van der Waals surface area contributed by atoms with Crippen molar-refractivity contribution in [1.29, 1.82) is 5.26 Å². The fourth-order valence-electron chi connectivity index (χ4n) is 1.97. The summed E-state index contributed by atoms with van der Waals surface area (Å²) in [5, 5.41) is 9.88. The number of carbonyl (C=O) groups excluding carboxylic acids is 2. The van der Waals surface area contributed by atoms with E-state index in [4.69, 9.17) is 14.7 Å². The number of thioether (sulfide) groups is 1. The van der Waals surface area contributed by atoms with Crippen molar-refractivity contribution in [3.8, 4) is 5.40 Å². The molecule has 0 bridgehead atoms. The molecular weight excluding hydrogens is 302 g/mol. The molecule has 0 saturated heterocycles. The van der Waals surface area contributed by atoms with Crippen LogP contribution in [0.2, 0.25) is 0 Å². The Hall–Kier alpha value is -2.00. The molecule has 6 heteroatoms. The van der Waals surface area contributed by atoms with Crippen molar-refractivity contribution in [1.82, 2.24) is 0 Å². The van der Waals surface area contributed by atoms with Gasteiger partial charge in [0.2, 0.25) is 0 Å². The zero-order chi connectivity index (χ0) is 16.5. The molecule has 0 unspecified atom stereocenters. The molecule has 0 amide bonds. The number of hydrogen-bond acceptors (Lipinski definition) is 6. The Morgan fingerprint density at radius 1 is 1.14 bits per heavy atom. The molecule has 0 aliphatic heterocycles. The summed E-state index contributed by atoms with van der Waals surface area (Å²) < 4.78 is 10.1. The van der Waals surface area contributed by atoms with Crippen LogP contribution in [0.25, 0.3) is 0 Å². The van der Waals surface area contributed by atoms with Gasteiger partial charge in [-0.05, 0) is 38.1 Å². The lowest BCUT2D eigenvalue weighted by Gasteiger charge is -2.22. The maximum absolute atomic E-state index is 12.3. The largest absolute Gasteiger partial charge is 0.465 e. The number of nitrogens with zero attached hydrogens (tertiary/aromatic N) is 1. The molecular formula is C16H19NO4S. The Balaban J connectivity index is 3.21. The lowest BCUT2D eigenvalue weighted by Crippen LogP contribution is -2.33. The van der Waals surface area contributed by atoms with Gasteiger partial charge in [-0.15, -0.1) is 0 Å². The molecule has 0 radical (unpaired) electrons. The summed E-state index contributed by atoms with van der Waals surface area (Å²) in [7, 11) is 0. The Labute approximate surface area is 134 Å². The zero-order valence-electron chi connectivity index (χ0n) is 12.9. The summed E-state index contributed by atoms with van der Waals surface area (Å²) in [4.78, 5) is 24.4. The standard InChI is InChI=1S/C16H19NO4S/c1-4-20-15(18)13(12-8-6-11(3)7-9-12)14(22-10-17)16(19)21-5-2/h6-9,13-14H,4-5H2,1-3H3/t13-,14-/m1/s1.